The van der Waals surface area contributed by atoms with E-state index in [1.165, 1.54) is 4.68 Å². The summed E-state index contributed by atoms with van der Waals surface area (Å²) >= 11 is 0. The van der Waals surface area contributed by atoms with E-state index in [2.05, 4.69) is 5.10 Å². The largest absolute Gasteiger partial charge is 0.454 e. The first-order valence-electron chi connectivity index (χ1n) is 6.74. The summed E-state index contributed by atoms with van der Waals surface area (Å²) in [5.74, 6) is -0.454. The number of nitrogens with two attached hydrogens (primary N) is 1. The molecule has 2 heterocycles. The van der Waals surface area contributed by atoms with Crippen LogP contribution in [0.5, 0.6) is 0 Å². The normalized spacial score (nSPS) is 23.8. The van der Waals surface area contributed by atoms with E-state index in [-0.39, 0.29) is 11.7 Å². The Kier molecular flexibility index (Phi) is 3.32. The van der Waals surface area contributed by atoms with Gasteiger partial charge in [-0.1, -0.05) is 0 Å². The lowest BCUT2D eigenvalue weighted by atomic mass is 9.97. The van der Waals surface area contributed by atoms with E-state index >= 15 is 0 Å². The van der Waals surface area contributed by atoms with E-state index in [1.807, 2.05) is 27.7 Å². The number of esters is 1. The maximum absolute atomic E-state index is 12.3. The van der Waals surface area contributed by atoms with Crippen LogP contribution in [0.3, 0.4) is 0 Å². The summed E-state index contributed by atoms with van der Waals surface area (Å²) in [5.41, 5.74) is 6.36. The molecule has 0 aromatic carbocycles. The van der Waals surface area contributed by atoms with Crippen molar-refractivity contribution in [3.63, 3.8) is 0 Å². The molecule has 1 fully saturated rings. The fourth-order valence-corrected chi connectivity index (χ4v) is 2.80. The predicted molar refractivity (Wildman–Crippen MR) is 75.4 cm³/mol. The van der Waals surface area contributed by atoms with Gasteiger partial charge in [0.05, 0.1) is 17.0 Å². The third-order valence-corrected chi connectivity index (χ3v) is 3.70. The number of rotatable bonds is 2. The Morgan fingerprint density at radius 3 is 2.45 bits per heavy atom. The predicted octanol–water partition coefficient (Wildman–Crippen LogP) is 1.81. The SMILES string of the molecule is Cc1nn(C)c(C(=O)OC2CC(C)(C)OC2(C)C)c1N. The van der Waals surface area contributed by atoms with Crippen LogP contribution in [0.25, 0.3) is 0 Å². The monoisotopic (exact) mass is 281 g/mol. The van der Waals surface area contributed by atoms with Crippen LogP contribution in [0.1, 0.15) is 50.3 Å². The van der Waals surface area contributed by atoms with Crippen LogP contribution in [-0.4, -0.2) is 33.1 Å². The van der Waals surface area contributed by atoms with Gasteiger partial charge in [-0.2, -0.15) is 5.10 Å². The van der Waals surface area contributed by atoms with Crippen molar-refractivity contribution in [1.82, 2.24) is 9.78 Å². The number of hydrogen-bond acceptors (Lipinski definition) is 5. The van der Waals surface area contributed by atoms with Crippen molar-refractivity contribution in [3.05, 3.63) is 11.4 Å². The number of nitrogens with zero attached hydrogens (tertiary/aromatic N) is 2. The molecule has 1 aliphatic heterocycles. The van der Waals surface area contributed by atoms with E-state index in [0.29, 0.717) is 23.5 Å². The molecule has 1 aliphatic rings. The Morgan fingerprint density at radius 2 is 2.05 bits per heavy atom. The summed E-state index contributed by atoms with van der Waals surface area (Å²) in [4.78, 5) is 12.3. The van der Waals surface area contributed by atoms with Crippen LogP contribution in [0.15, 0.2) is 0 Å². The van der Waals surface area contributed by atoms with Gasteiger partial charge in [-0.05, 0) is 34.6 Å². The molecule has 1 saturated heterocycles. The lowest BCUT2D eigenvalue weighted by Gasteiger charge is -2.26. The maximum Gasteiger partial charge on any atom is 0.359 e. The highest BCUT2D eigenvalue weighted by Gasteiger charge is 2.48. The Balaban J connectivity index is 2.20. The number of nitrogen functional groups attached to an aromatic ring is 1. The third kappa shape index (κ3) is 2.52. The van der Waals surface area contributed by atoms with Crippen LogP contribution < -0.4 is 5.73 Å². The van der Waals surface area contributed by atoms with Crippen LogP contribution in [-0.2, 0) is 16.5 Å². The number of anilines is 1. The first-order valence-corrected chi connectivity index (χ1v) is 6.74. The van der Waals surface area contributed by atoms with Crippen LogP contribution in [0.4, 0.5) is 5.69 Å². The lowest BCUT2D eigenvalue weighted by Crippen LogP contribution is -2.36. The molecule has 1 aromatic rings. The van der Waals surface area contributed by atoms with Crippen molar-refractivity contribution in [2.24, 2.45) is 7.05 Å². The van der Waals surface area contributed by atoms with Crippen molar-refractivity contribution < 1.29 is 14.3 Å². The number of carbonyl (C=O) groups is 1. The van der Waals surface area contributed by atoms with Gasteiger partial charge in [0.25, 0.3) is 0 Å². The molecule has 0 radical (unpaired) electrons. The first-order chi connectivity index (χ1) is 9.03. The van der Waals surface area contributed by atoms with E-state index in [0.717, 1.165) is 0 Å². The van der Waals surface area contributed by atoms with E-state index in [4.69, 9.17) is 15.2 Å². The Bertz CT molecular complexity index is 546. The summed E-state index contributed by atoms with van der Waals surface area (Å²) in [6.07, 6.45) is 0.349. The van der Waals surface area contributed by atoms with E-state index in [1.54, 1.807) is 14.0 Å². The lowest BCUT2D eigenvalue weighted by molar-refractivity contribution is -0.0926. The first kappa shape index (κ1) is 14.8. The van der Waals surface area contributed by atoms with Gasteiger partial charge in [0, 0.05) is 13.5 Å². The summed E-state index contributed by atoms with van der Waals surface area (Å²) in [6.45, 7) is 9.60. The number of carbonyl (C=O) groups excluding carboxylic acids is 1. The molecule has 1 unspecified atom stereocenters. The van der Waals surface area contributed by atoms with Gasteiger partial charge >= 0.3 is 5.97 Å². The zero-order valence-corrected chi connectivity index (χ0v) is 13.0. The number of ether oxygens (including phenoxy) is 2. The zero-order chi connectivity index (χ0) is 15.3. The van der Waals surface area contributed by atoms with Crippen molar-refractivity contribution in [2.75, 3.05) is 5.73 Å². The molecular formula is C14H23N3O3. The molecule has 0 saturated carbocycles. The Labute approximate surface area is 119 Å². The van der Waals surface area contributed by atoms with E-state index < -0.39 is 11.6 Å². The standard InChI is InChI=1S/C14H23N3O3/c1-8-10(15)11(17(6)16-8)12(18)19-9-7-13(2,3)20-14(9,4)5/h9H,7,15H2,1-6H3. The maximum atomic E-state index is 12.3. The molecule has 0 amide bonds. The number of aryl methyl sites for hydroxylation is 2. The van der Waals surface area contributed by atoms with Crippen LogP contribution in [0.2, 0.25) is 0 Å². The smallest absolute Gasteiger partial charge is 0.359 e. The van der Waals surface area contributed by atoms with Gasteiger partial charge < -0.3 is 15.2 Å². The molecule has 0 bridgehead atoms. The molecule has 2 N–H and O–H groups in total. The van der Waals surface area contributed by atoms with Gasteiger partial charge in [0.1, 0.15) is 11.7 Å². The molecule has 112 valence electrons. The Hall–Kier alpha value is -1.56. The fourth-order valence-electron chi connectivity index (χ4n) is 2.80. The van der Waals surface area contributed by atoms with Gasteiger partial charge in [-0.25, -0.2) is 4.79 Å². The second-order valence-corrected chi connectivity index (χ2v) is 6.53. The third-order valence-electron chi connectivity index (χ3n) is 3.70. The van der Waals surface area contributed by atoms with Gasteiger partial charge in [0.2, 0.25) is 0 Å². The molecule has 0 spiro atoms. The highest BCUT2D eigenvalue weighted by molar-refractivity contribution is 5.93. The summed E-state index contributed by atoms with van der Waals surface area (Å²) < 4.78 is 13.0. The van der Waals surface area contributed by atoms with E-state index in [9.17, 15) is 4.79 Å². The molecule has 20 heavy (non-hydrogen) atoms. The van der Waals surface area contributed by atoms with Crippen molar-refractivity contribution >= 4 is 11.7 Å². The van der Waals surface area contributed by atoms with Gasteiger partial charge in [-0.3, -0.25) is 4.68 Å². The average Bonchev–Trinajstić information content (AvgIpc) is 2.60. The topological polar surface area (TPSA) is 79.4 Å². The quantitative estimate of drug-likeness (QED) is 0.836. The van der Waals surface area contributed by atoms with Crippen LogP contribution in [0, 0.1) is 6.92 Å². The number of aromatic nitrogens is 2. The van der Waals surface area contributed by atoms with Crippen molar-refractivity contribution in [1.29, 1.82) is 0 Å². The minimum absolute atomic E-state index is 0.294. The molecule has 1 aromatic heterocycles. The zero-order valence-electron chi connectivity index (χ0n) is 13.0. The fraction of sp³-hybridized carbons (Fsp3) is 0.714. The van der Waals surface area contributed by atoms with Crippen molar-refractivity contribution in [3.8, 4) is 0 Å². The molecule has 6 nitrogen and oxygen atoms in total. The van der Waals surface area contributed by atoms with Crippen molar-refractivity contribution in [2.45, 2.75) is 58.3 Å². The number of hydrogen-bond donors (Lipinski definition) is 1. The molecule has 0 aliphatic carbocycles. The van der Waals surface area contributed by atoms with Gasteiger partial charge in [-0.15, -0.1) is 0 Å². The summed E-state index contributed by atoms with van der Waals surface area (Å²) in [6, 6.07) is 0. The highest BCUT2D eigenvalue weighted by Crippen LogP contribution is 2.39. The molecule has 2 rings (SSSR count). The second kappa shape index (κ2) is 4.48. The minimum Gasteiger partial charge on any atom is -0.454 e. The molecule has 1 atom stereocenters. The molecular weight excluding hydrogens is 258 g/mol. The summed E-state index contributed by atoms with van der Waals surface area (Å²) in [7, 11) is 1.68. The molecule has 6 heteroatoms. The summed E-state index contributed by atoms with van der Waals surface area (Å²) in [5, 5.41) is 4.13. The van der Waals surface area contributed by atoms with Gasteiger partial charge in [0.15, 0.2) is 5.69 Å². The average molecular weight is 281 g/mol. The minimum atomic E-state index is -0.512. The Morgan fingerprint density at radius 1 is 1.45 bits per heavy atom. The van der Waals surface area contributed by atoms with Crippen LogP contribution >= 0.6 is 0 Å². The second-order valence-electron chi connectivity index (χ2n) is 6.53. The highest BCUT2D eigenvalue weighted by atomic mass is 16.6.